The van der Waals surface area contributed by atoms with Gasteiger partial charge in [-0.3, -0.25) is 4.79 Å². The highest BCUT2D eigenvalue weighted by Gasteiger charge is 2.43. The zero-order chi connectivity index (χ0) is 27.7. The van der Waals surface area contributed by atoms with E-state index in [9.17, 15) is 19.8 Å². The van der Waals surface area contributed by atoms with Crippen LogP contribution in [0.4, 0.5) is 9.18 Å². The summed E-state index contributed by atoms with van der Waals surface area (Å²) >= 11 is 0. The summed E-state index contributed by atoms with van der Waals surface area (Å²) in [6, 6.07) is 12.3. The number of amides is 2. The van der Waals surface area contributed by atoms with Crippen molar-refractivity contribution in [3.8, 4) is 11.1 Å². The van der Waals surface area contributed by atoms with Gasteiger partial charge in [-0.1, -0.05) is 43.3 Å². The largest absolute Gasteiger partial charge is 0.453 e. The maximum Gasteiger partial charge on any atom is 0.406 e. The van der Waals surface area contributed by atoms with E-state index in [4.69, 9.17) is 5.73 Å². The number of piperidine rings is 1. The van der Waals surface area contributed by atoms with E-state index in [1.807, 2.05) is 31.2 Å². The van der Waals surface area contributed by atoms with Crippen LogP contribution >= 0.6 is 0 Å². The second-order valence-corrected chi connectivity index (χ2v) is 9.88. The van der Waals surface area contributed by atoms with Crippen molar-refractivity contribution in [2.24, 2.45) is 11.7 Å². The van der Waals surface area contributed by atoms with E-state index in [2.05, 4.69) is 10.1 Å². The Bertz CT molecular complexity index is 1100. The van der Waals surface area contributed by atoms with Gasteiger partial charge in [-0.2, -0.15) is 0 Å². The number of halogens is 1. The van der Waals surface area contributed by atoms with Crippen molar-refractivity contribution in [2.45, 2.75) is 57.2 Å². The first-order valence-corrected chi connectivity index (χ1v) is 13.3. The highest BCUT2D eigenvalue weighted by atomic mass is 19.1. The molecule has 5 N–H and O–H groups in total. The molecule has 3 atom stereocenters. The Kier molecular flexibility index (Phi) is 10.6. The topological polar surface area (TPSA) is 125 Å². The number of hydrogen-bond acceptors (Lipinski definition) is 6. The predicted octanol–water partition coefficient (Wildman–Crippen LogP) is 3.33. The van der Waals surface area contributed by atoms with Crippen LogP contribution in [0.1, 0.15) is 50.2 Å². The molecule has 8 nitrogen and oxygen atoms in total. The average molecular weight is 530 g/mol. The number of ether oxygens (including phenoxy) is 1. The number of rotatable bonds is 11. The number of methoxy groups -OCH3 is 1. The molecule has 0 bridgehead atoms. The van der Waals surface area contributed by atoms with Crippen LogP contribution in [0, 0.1) is 11.7 Å². The Labute approximate surface area is 224 Å². The zero-order valence-corrected chi connectivity index (χ0v) is 22.3. The molecule has 1 heterocycles. The minimum absolute atomic E-state index is 0.158. The number of likely N-dealkylation sites (tertiary alicyclic amines) is 1. The third kappa shape index (κ3) is 6.89. The van der Waals surface area contributed by atoms with Gasteiger partial charge in [0.15, 0.2) is 0 Å². The molecule has 1 fully saturated rings. The molecule has 0 radical (unpaired) electrons. The van der Waals surface area contributed by atoms with Gasteiger partial charge >= 0.3 is 6.09 Å². The van der Waals surface area contributed by atoms with Gasteiger partial charge in [-0.25, -0.2) is 9.18 Å². The summed E-state index contributed by atoms with van der Waals surface area (Å²) in [5, 5.41) is 25.3. The second-order valence-electron chi connectivity index (χ2n) is 9.88. The fourth-order valence-electron chi connectivity index (χ4n) is 5.36. The normalized spacial score (nSPS) is 17.9. The van der Waals surface area contributed by atoms with E-state index in [1.54, 1.807) is 17.0 Å². The minimum atomic E-state index is -1.50. The van der Waals surface area contributed by atoms with Crippen molar-refractivity contribution in [3.05, 3.63) is 59.4 Å². The first-order valence-electron chi connectivity index (χ1n) is 13.3. The van der Waals surface area contributed by atoms with Gasteiger partial charge in [0.05, 0.1) is 12.7 Å². The summed E-state index contributed by atoms with van der Waals surface area (Å²) in [5.74, 6) is -1.27. The molecule has 1 aliphatic rings. The SMILES string of the molecule is CCc1cccc(-c2c(F)cccc2C(O)(CCCNC(=O)OC)C2CCCN(C(=O)C(O)CCN)C2)c1. The number of nitrogens with two attached hydrogens (primary N) is 1. The molecule has 2 amide bonds. The van der Waals surface area contributed by atoms with Crippen molar-refractivity contribution in [2.75, 3.05) is 33.3 Å². The van der Waals surface area contributed by atoms with Gasteiger partial charge in [-0.15, -0.1) is 0 Å². The Morgan fingerprint density at radius 1 is 1.29 bits per heavy atom. The van der Waals surface area contributed by atoms with Gasteiger partial charge in [0, 0.05) is 31.1 Å². The highest BCUT2D eigenvalue weighted by molar-refractivity contribution is 5.80. The molecule has 1 aliphatic heterocycles. The van der Waals surface area contributed by atoms with Crippen LogP contribution < -0.4 is 11.1 Å². The lowest BCUT2D eigenvalue weighted by Gasteiger charge is -2.44. The van der Waals surface area contributed by atoms with Crippen LogP contribution in [-0.4, -0.2) is 66.5 Å². The molecule has 0 spiro atoms. The van der Waals surface area contributed by atoms with Crippen molar-refractivity contribution < 1.29 is 28.9 Å². The number of alkyl carbamates (subject to hydrolysis) is 1. The molecule has 2 aromatic rings. The maximum absolute atomic E-state index is 15.5. The van der Waals surface area contributed by atoms with Crippen molar-refractivity contribution in [1.29, 1.82) is 0 Å². The van der Waals surface area contributed by atoms with E-state index in [-0.39, 0.29) is 32.5 Å². The first-order chi connectivity index (χ1) is 18.2. The summed E-state index contributed by atoms with van der Waals surface area (Å²) in [7, 11) is 1.28. The summed E-state index contributed by atoms with van der Waals surface area (Å²) in [6.45, 7) is 3.15. The third-order valence-electron chi connectivity index (χ3n) is 7.43. The predicted molar refractivity (Wildman–Crippen MR) is 144 cm³/mol. The van der Waals surface area contributed by atoms with Crippen molar-refractivity contribution >= 4 is 12.0 Å². The number of nitrogens with one attached hydrogen (secondary N) is 1. The lowest BCUT2D eigenvalue weighted by atomic mass is 9.72. The Hall–Kier alpha value is -3.01. The Morgan fingerprint density at radius 2 is 2.05 bits per heavy atom. The molecule has 0 saturated carbocycles. The van der Waals surface area contributed by atoms with Gasteiger partial charge in [0.1, 0.15) is 11.9 Å². The van der Waals surface area contributed by atoms with Gasteiger partial charge in [0.2, 0.25) is 0 Å². The first kappa shape index (κ1) is 29.5. The summed E-state index contributed by atoms with van der Waals surface area (Å²) in [5.41, 5.74) is 6.53. The fourth-order valence-corrected chi connectivity index (χ4v) is 5.36. The molecule has 0 aromatic heterocycles. The van der Waals surface area contributed by atoms with Crippen LogP contribution in [0.3, 0.4) is 0 Å². The standard InChI is InChI=1S/C29H40FN3O5/c1-3-20-8-4-9-21(18-20)26-23(11-5-12-24(26)30)29(37,14-7-16-32-28(36)38-2)22-10-6-17-33(19-22)27(35)25(34)13-15-31/h4-5,8-9,11-12,18,22,25,34,37H,3,6-7,10,13-17,19,31H2,1-2H3,(H,32,36). The van der Waals surface area contributed by atoms with E-state index in [0.717, 1.165) is 12.0 Å². The highest BCUT2D eigenvalue weighted by Crippen LogP contribution is 2.44. The van der Waals surface area contributed by atoms with Crippen LogP contribution in [0.15, 0.2) is 42.5 Å². The number of benzene rings is 2. The summed E-state index contributed by atoms with van der Waals surface area (Å²) in [4.78, 5) is 26.0. The molecule has 9 heteroatoms. The number of aryl methyl sites for hydroxylation is 1. The maximum atomic E-state index is 15.5. The Balaban J connectivity index is 2.02. The lowest BCUT2D eigenvalue weighted by Crippen LogP contribution is -2.51. The van der Waals surface area contributed by atoms with E-state index in [0.29, 0.717) is 42.5 Å². The van der Waals surface area contributed by atoms with Crippen LogP contribution in [-0.2, 0) is 21.6 Å². The zero-order valence-electron chi connectivity index (χ0n) is 22.3. The number of carbonyl (C=O) groups excluding carboxylic acids is 2. The third-order valence-corrected chi connectivity index (χ3v) is 7.43. The lowest BCUT2D eigenvalue weighted by molar-refractivity contribution is -0.145. The minimum Gasteiger partial charge on any atom is -0.453 e. The average Bonchev–Trinajstić information content (AvgIpc) is 2.94. The van der Waals surface area contributed by atoms with Gasteiger partial charge < -0.3 is 30.9 Å². The van der Waals surface area contributed by atoms with Crippen LogP contribution in [0.5, 0.6) is 0 Å². The molecule has 2 aromatic carbocycles. The number of hydrogen-bond donors (Lipinski definition) is 4. The van der Waals surface area contributed by atoms with Crippen molar-refractivity contribution in [1.82, 2.24) is 10.2 Å². The molecule has 0 aliphatic carbocycles. The summed E-state index contributed by atoms with van der Waals surface area (Å²) in [6.07, 6.45) is 1.04. The molecule has 3 rings (SSSR count). The van der Waals surface area contributed by atoms with E-state index in [1.165, 1.54) is 13.2 Å². The smallest absolute Gasteiger partial charge is 0.406 e. The number of nitrogens with zero attached hydrogens (tertiary/aromatic N) is 1. The second kappa shape index (κ2) is 13.7. The summed E-state index contributed by atoms with van der Waals surface area (Å²) < 4.78 is 20.2. The van der Waals surface area contributed by atoms with E-state index >= 15 is 4.39 Å². The molecule has 208 valence electrons. The Morgan fingerprint density at radius 3 is 2.76 bits per heavy atom. The number of aliphatic hydroxyl groups excluding tert-OH is 1. The van der Waals surface area contributed by atoms with E-state index < -0.39 is 35.4 Å². The molecular formula is C29H40FN3O5. The van der Waals surface area contributed by atoms with Gasteiger partial charge in [-0.05, 0) is 67.8 Å². The molecular weight excluding hydrogens is 489 g/mol. The monoisotopic (exact) mass is 529 g/mol. The fraction of sp³-hybridized carbons (Fsp3) is 0.517. The number of aliphatic hydroxyl groups is 2. The molecule has 38 heavy (non-hydrogen) atoms. The van der Waals surface area contributed by atoms with Gasteiger partial charge in [0.25, 0.3) is 5.91 Å². The van der Waals surface area contributed by atoms with Crippen LogP contribution in [0.2, 0.25) is 0 Å². The quantitative estimate of drug-likeness (QED) is 0.331. The molecule has 1 saturated heterocycles. The van der Waals surface area contributed by atoms with Crippen LogP contribution in [0.25, 0.3) is 11.1 Å². The number of carbonyl (C=O) groups is 2. The molecule has 3 unspecified atom stereocenters. The van der Waals surface area contributed by atoms with Crippen molar-refractivity contribution in [3.63, 3.8) is 0 Å².